The van der Waals surface area contributed by atoms with E-state index < -0.39 is 17.2 Å². The Morgan fingerprint density at radius 2 is 1.59 bits per heavy atom. The molecule has 268 valence electrons. The summed E-state index contributed by atoms with van der Waals surface area (Å²) in [7, 11) is 0. The molecule has 4 aromatic rings. The number of H-pyrrole nitrogens is 1. The number of fused-ring (bicyclic) bond motifs is 1. The molecule has 0 amide bonds. The van der Waals surface area contributed by atoms with Crippen molar-refractivity contribution in [1.29, 1.82) is 0 Å². The lowest BCUT2D eigenvalue weighted by molar-refractivity contribution is -0.137. The molecule has 2 aromatic carbocycles. The van der Waals surface area contributed by atoms with Crippen LogP contribution in [0.3, 0.4) is 0 Å². The number of hydrogen-bond acceptors (Lipinski definition) is 5. The number of benzene rings is 2. The van der Waals surface area contributed by atoms with Crippen LogP contribution in [0.15, 0.2) is 58.4 Å². The molecule has 0 aliphatic carbocycles. The standard InChI is InChI=1S/C21H29N7O.C15H21ClF3N/c1-21(2,3)17-11-15-13-28(20(29)27-18(15)26-17)16-7-5-14(6-8-16)12-24-9-4-10-25-19(22)23;1-14(2,3)11-8-10(6-4-5-7-20)9-12(13(11)16)15(17,18)19/h5-8,11,13,24H,4,9-10,12H2,1-3H3,(H4,22,23,25)(H,26,27,29);8-9H,4-7,20H2,1-3H3. The molecule has 0 aliphatic rings. The van der Waals surface area contributed by atoms with Gasteiger partial charge in [0.25, 0.3) is 0 Å². The third-order valence-electron chi connectivity index (χ3n) is 7.83. The van der Waals surface area contributed by atoms with Crippen LogP contribution in [-0.4, -0.2) is 40.1 Å². The zero-order valence-corrected chi connectivity index (χ0v) is 30.0. The fourth-order valence-corrected chi connectivity index (χ4v) is 5.56. The first-order valence-electron chi connectivity index (χ1n) is 16.4. The Kier molecular flexibility index (Phi) is 13.5. The fourth-order valence-electron chi connectivity index (χ4n) is 5.06. The van der Waals surface area contributed by atoms with Crippen LogP contribution in [0.25, 0.3) is 16.7 Å². The Morgan fingerprint density at radius 3 is 2.16 bits per heavy atom. The summed E-state index contributed by atoms with van der Waals surface area (Å²) in [4.78, 5) is 23.9. The van der Waals surface area contributed by atoms with Crippen molar-refractivity contribution < 1.29 is 13.2 Å². The number of aryl methyl sites for hydroxylation is 1. The minimum Gasteiger partial charge on any atom is -0.370 e. The number of alkyl halides is 3. The molecule has 0 radical (unpaired) electrons. The van der Waals surface area contributed by atoms with Gasteiger partial charge >= 0.3 is 11.9 Å². The van der Waals surface area contributed by atoms with Crippen molar-refractivity contribution in [1.82, 2.24) is 19.9 Å². The Balaban J connectivity index is 0.000000286. The van der Waals surface area contributed by atoms with Gasteiger partial charge in [0, 0.05) is 35.8 Å². The lowest BCUT2D eigenvalue weighted by Gasteiger charge is -2.24. The van der Waals surface area contributed by atoms with E-state index in [0.717, 1.165) is 60.7 Å². The molecule has 0 fully saturated rings. The summed E-state index contributed by atoms with van der Waals surface area (Å²) in [5.74, 6) is 0.123. The fraction of sp³-hybridized carbons (Fsp3) is 0.472. The van der Waals surface area contributed by atoms with Crippen LogP contribution in [0.5, 0.6) is 0 Å². The molecule has 0 unspecified atom stereocenters. The first-order chi connectivity index (χ1) is 22.8. The third-order valence-corrected chi connectivity index (χ3v) is 8.24. The van der Waals surface area contributed by atoms with Gasteiger partial charge in [-0.3, -0.25) is 9.56 Å². The van der Waals surface area contributed by atoms with E-state index in [0.29, 0.717) is 36.3 Å². The zero-order chi connectivity index (χ0) is 36.6. The van der Waals surface area contributed by atoms with Gasteiger partial charge in [-0.25, -0.2) is 4.79 Å². The van der Waals surface area contributed by atoms with Gasteiger partial charge in [-0.15, -0.1) is 0 Å². The number of hydrogen-bond donors (Lipinski definition) is 5. The van der Waals surface area contributed by atoms with Crippen LogP contribution in [-0.2, 0) is 30.0 Å². The van der Waals surface area contributed by atoms with E-state index in [1.54, 1.807) is 10.6 Å². The van der Waals surface area contributed by atoms with Crippen LogP contribution in [0.2, 0.25) is 5.02 Å². The maximum Gasteiger partial charge on any atom is 0.417 e. The number of nitrogens with zero attached hydrogens (tertiary/aromatic N) is 3. The SMILES string of the molecule is CC(C)(C)c1cc(CCCCN)cc(C(F)(F)F)c1Cl.CC(C)(C)c1cc2cn(-c3ccc(CNCCCN=C(N)N)cc3)c(=O)nc2[nH]1. The highest BCUT2D eigenvalue weighted by molar-refractivity contribution is 6.32. The summed E-state index contributed by atoms with van der Waals surface area (Å²) < 4.78 is 40.8. The summed E-state index contributed by atoms with van der Waals surface area (Å²) in [5.41, 5.74) is 19.3. The maximum absolute atomic E-state index is 13.1. The van der Waals surface area contributed by atoms with E-state index in [2.05, 4.69) is 47.1 Å². The van der Waals surface area contributed by atoms with Crippen molar-refractivity contribution in [2.45, 2.75) is 90.8 Å². The molecule has 4 rings (SSSR count). The quantitative estimate of drug-likeness (QED) is 0.0666. The molecule has 2 heterocycles. The van der Waals surface area contributed by atoms with E-state index in [-0.39, 0.29) is 22.1 Å². The Morgan fingerprint density at radius 1 is 0.939 bits per heavy atom. The number of nitrogens with two attached hydrogens (primary N) is 3. The third kappa shape index (κ3) is 11.6. The predicted molar refractivity (Wildman–Crippen MR) is 195 cm³/mol. The summed E-state index contributed by atoms with van der Waals surface area (Å²) in [6.45, 7) is 14.7. The monoisotopic (exact) mass is 702 g/mol. The minimum atomic E-state index is -4.43. The van der Waals surface area contributed by atoms with E-state index in [4.69, 9.17) is 28.8 Å². The first kappa shape index (κ1) is 39.6. The first-order valence-corrected chi connectivity index (χ1v) is 16.8. The number of nitrogens with one attached hydrogen (secondary N) is 2. The number of unbranched alkanes of at least 4 members (excludes halogenated alkanes) is 1. The molecule has 0 aliphatic heterocycles. The molecule has 0 atom stereocenters. The Labute approximate surface area is 291 Å². The van der Waals surface area contributed by atoms with Gasteiger partial charge in [0.2, 0.25) is 0 Å². The lowest BCUT2D eigenvalue weighted by atomic mass is 9.84. The van der Waals surface area contributed by atoms with Gasteiger partial charge < -0.3 is 27.5 Å². The van der Waals surface area contributed by atoms with Gasteiger partial charge in [0.15, 0.2) is 5.96 Å². The average Bonchev–Trinajstić information content (AvgIpc) is 3.42. The van der Waals surface area contributed by atoms with Crippen molar-refractivity contribution in [3.8, 4) is 5.69 Å². The van der Waals surface area contributed by atoms with Gasteiger partial charge in [-0.1, -0.05) is 71.3 Å². The minimum absolute atomic E-state index is 0.0352. The van der Waals surface area contributed by atoms with Gasteiger partial charge in [-0.2, -0.15) is 18.2 Å². The molecule has 49 heavy (non-hydrogen) atoms. The second-order valence-electron chi connectivity index (χ2n) is 14.1. The highest BCUT2D eigenvalue weighted by Crippen LogP contribution is 2.41. The predicted octanol–water partition coefficient (Wildman–Crippen LogP) is 6.70. The number of guanidine groups is 1. The number of rotatable bonds is 11. The van der Waals surface area contributed by atoms with Crippen LogP contribution >= 0.6 is 11.6 Å². The lowest BCUT2D eigenvalue weighted by Crippen LogP contribution is -2.23. The topological polar surface area (TPSA) is 153 Å². The Bertz CT molecular complexity index is 1730. The van der Waals surface area contributed by atoms with E-state index in [1.807, 2.05) is 51.2 Å². The number of aromatic amines is 1. The highest BCUT2D eigenvalue weighted by atomic mass is 35.5. The van der Waals surface area contributed by atoms with Crippen molar-refractivity contribution in [3.05, 3.63) is 92.1 Å². The number of halogens is 4. The molecular weight excluding hydrogens is 653 g/mol. The molecule has 13 heteroatoms. The van der Waals surface area contributed by atoms with Crippen LogP contribution in [0.4, 0.5) is 13.2 Å². The molecule has 0 saturated carbocycles. The average molecular weight is 703 g/mol. The summed E-state index contributed by atoms with van der Waals surface area (Å²) in [6.07, 6.45) is 0.437. The number of aliphatic imine (C=N–C) groups is 1. The van der Waals surface area contributed by atoms with E-state index in [1.165, 1.54) is 0 Å². The highest BCUT2D eigenvalue weighted by Gasteiger charge is 2.36. The van der Waals surface area contributed by atoms with E-state index in [9.17, 15) is 18.0 Å². The smallest absolute Gasteiger partial charge is 0.370 e. The van der Waals surface area contributed by atoms with Gasteiger partial charge in [0.1, 0.15) is 5.65 Å². The second kappa shape index (κ2) is 16.7. The normalized spacial score (nSPS) is 12.1. The largest absolute Gasteiger partial charge is 0.417 e. The van der Waals surface area contributed by atoms with Gasteiger partial charge in [0.05, 0.1) is 16.3 Å². The van der Waals surface area contributed by atoms with Gasteiger partial charge in [-0.05, 0) is 85.1 Å². The zero-order valence-electron chi connectivity index (χ0n) is 29.3. The molecule has 2 aromatic heterocycles. The van der Waals surface area contributed by atoms with Crippen molar-refractivity contribution >= 4 is 28.6 Å². The van der Waals surface area contributed by atoms with Crippen LogP contribution in [0, 0.1) is 0 Å². The molecule has 9 nitrogen and oxygen atoms in total. The Hall–Kier alpha value is -3.87. The molecular formula is C36H50ClF3N8O. The molecule has 0 saturated heterocycles. The summed E-state index contributed by atoms with van der Waals surface area (Å²) >= 11 is 5.97. The number of aromatic nitrogens is 3. The maximum atomic E-state index is 13.1. The van der Waals surface area contributed by atoms with Crippen LogP contribution < -0.4 is 28.2 Å². The molecule has 8 N–H and O–H groups in total. The van der Waals surface area contributed by atoms with Crippen LogP contribution in [0.1, 0.15) is 88.8 Å². The summed E-state index contributed by atoms with van der Waals surface area (Å²) in [5, 5.41) is 4.08. The molecule has 0 bridgehead atoms. The van der Waals surface area contributed by atoms with Crippen molar-refractivity contribution in [3.63, 3.8) is 0 Å². The second-order valence-corrected chi connectivity index (χ2v) is 14.5. The van der Waals surface area contributed by atoms with E-state index >= 15 is 0 Å². The molecule has 0 spiro atoms. The summed E-state index contributed by atoms with van der Waals surface area (Å²) in [6, 6.07) is 12.9. The van der Waals surface area contributed by atoms with Crippen molar-refractivity contribution in [2.75, 3.05) is 19.6 Å². The van der Waals surface area contributed by atoms with Crippen molar-refractivity contribution in [2.24, 2.45) is 22.2 Å².